The van der Waals surface area contributed by atoms with Crippen LogP contribution >= 0.6 is 11.6 Å². The second-order valence-corrected chi connectivity index (χ2v) is 8.06. The van der Waals surface area contributed by atoms with Crippen molar-refractivity contribution in [3.63, 3.8) is 0 Å². The van der Waals surface area contributed by atoms with E-state index in [1.54, 1.807) is 13.2 Å². The molecule has 1 N–H and O–H groups in total. The van der Waals surface area contributed by atoms with Gasteiger partial charge in [0.2, 0.25) is 0 Å². The Balaban J connectivity index is 0.000000367. The fourth-order valence-electron chi connectivity index (χ4n) is 3.74. The van der Waals surface area contributed by atoms with Crippen molar-refractivity contribution < 1.29 is 9.13 Å². The maximum Gasteiger partial charge on any atom is 0.287 e. The van der Waals surface area contributed by atoms with Crippen LogP contribution in [0.15, 0.2) is 35.3 Å². The van der Waals surface area contributed by atoms with Gasteiger partial charge in [-0.3, -0.25) is 9.69 Å². The average Bonchev–Trinajstić information content (AvgIpc) is 2.79. The van der Waals surface area contributed by atoms with Crippen molar-refractivity contribution in [1.29, 1.82) is 0 Å². The van der Waals surface area contributed by atoms with Crippen molar-refractivity contribution >= 4 is 17.3 Å². The Morgan fingerprint density at radius 1 is 1.17 bits per heavy atom. The van der Waals surface area contributed by atoms with Gasteiger partial charge < -0.3 is 10.1 Å². The molecular weight excluding hydrogens is 407 g/mol. The molecule has 1 aromatic carbocycles. The molecule has 4 rings (SSSR count). The van der Waals surface area contributed by atoms with E-state index in [2.05, 4.69) is 15.3 Å². The Hall–Kier alpha value is -1.96. The first-order valence-corrected chi connectivity index (χ1v) is 11.0. The second kappa shape index (κ2) is 11.4. The molecule has 2 aliphatic rings. The zero-order valence-electron chi connectivity index (χ0n) is 17.4. The summed E-state index contributed by atoms with van der Waals surface area (Å²) in [6.45, 7) is 4.51. The molecule has 2 fully saturated rings. The number of anilines is 1. The molecule has 0 saturated carbocycles. The number of ether oxygens (including phenoxy) is 1. The number of benzene rings is 1. The number of piperidine rings is 1. The molecule has 164 valence electrons. The van der Waals surface area contributed by atoms with Crippen molar-refractivity contribution in [1.82, 2.24) is 14.7 Å². The number of rotatable bonds is 4. The summed E-state index contributed by atoms with van der Waals surface area (Å²) in [6, 6.07) is 6.65. The van der Waals surface area contributed by atoms with Gasteiger partial charge in [-0.25, -0.2) is 9.07 Å². The lowest BCUT2D eigenvalue weighted by molar-refractivity contribution is 0.0968. The third-order valence-corrected chi connectivity index (χ3v) is 5.88. The molecule has 2 saturated heterocycles. The normalized spacial score (nSPS) is 17.8. The number of aromatic nitrogens is 2. The highest BCUT2D eigenvalue weighted by Crippen LogP contribution is 2.23. The molecule has 1 aromatic heterocycles. The number of nitrogens with one attached hydrogen (secondary N) is 1. The number of hydrogen-bond donors (Lipinski definition) is 1. The molecule has 2 aliphatic heterocycles. The van der Waals surface area contributed by atoms with Crippen LogP contribution < -0.4 is 10.9 Å². The SMILES string of the molecule is C1CCOCC1.CNc1cnn(C2CCN(Cc3ccc(F)cc3)CC2)c(=O)c1Cl. The largest absolute Gasteiger partial charge is 0.385 e. The van der Waals surface area contributed by atoms with E-state index in [4.69, 9.17) is 16.3 Å². The first-order chi connectivity index (χ1) is 14.6. The predicted molar refractivity (Wildman–Crippen MR) is 118 cm³/mol. The fraction of sp³-hybridized carbons (Fsp3) is 0.545. The van der Waals surface area contributed by atoms with Crippen LogP contribution in [0, 0.1) is 5.82 Å². The lowest BCUT2D eigenvalue weighted by Crippen LogP contribution is -2.38. The Kier molecular flexibility index (Phi) is 8.66. The van der Waals surface area contributed by atoms with E-state index in [0.29, 0.717) is 5.69 Å². The predicted octanol–water partition coefficient (Wildman–Crippen LogP) is 4.10. The van der Waals surface area contributed by atoms with E-state index >= 15 is 0 Å². The molecule has 8 heteroatoms. The van der Waals surface area contributed by atoms with Crippen LogP contribution in [0.25, 0.3) is 0 Å². The van der Waals surface area contributed by atoms with Crippen LogP contribution in [0.3, 0.4) is 0 Å². The van der Waals surface area contributed by atoms with Gasteiger partial charge in [0.1, 0.15) is 10.8 Å². The third kappa shape index (κ3) is 6.27. The molecule has 0 spiro atoms. The first kappa shape index (κ1) is 22.7. The van der Waals surface area contributed by atoms with Gasteiger partial charge in [0.05, 0.1) is 17.9 Å². The van der Waals surface area contributed by atoms with E-state index in [1.165, 1.54) is 36.1 Å². The van der Waals surface area contributed by atoms with E-state index < -0.39 is 0 Å². The fourth-order valence-corrected chi connectivity index (χ4v) is 3.97. The summed E-state index contributed by atoms with van der Waals surface area (Å²) in [4.78, 5) is 14.6. The molecular formula is C22H30ClFN4O2. The topological polar surface area (TPSA) is 59.4 Å². The third-order valence-electron chi connectivity index (χ3n) is 5.51. The van der Waals surface area contributed by atoms with Gasteiger partial charge in [0.25, 0.3) is 5.56 Å². The van der Waals surface area contributed by atoms with E-state index in [-0.39, 0.29) is 22.4 Å². The van der Waals surface area contributed by atoms with Gasteiger partial charge in [-0.2, -0.15) is 5.10 Å². The Morgan fingerprint density at radius 3 is 2.37 bits per heavy atom. The van der Waals surface area contributed by atoms with Gasteiger partial charge in [-0.1, -0.05) is 23.7 Å². The molecule has 0 amide bonds. The summed E-state index contributed by atoms with van der Waals surface area (Å²) in [5.41, 5.74) is 1.39. The first-order valence-electron chi connectivity index (χ1n) is 10.6. The molecule has 0 unspecified atom stereocenters. The summed E-state index contributed by atoms with van der Waals surface area (Å²) in [5, 5.41) is 7.29. The highest BCUT2D eigenvalue weighted by molar-refractivity contribution is 6.32. The highest BCUT2D eigenvalue weighted by Gasteiger charge is 2.23. The second-order valence-electron chi connectivity index (χ2n) is 7.68. The highest BCUT2D eigenvalue weighted by atomic mass is 35.5. The van der Waals surface area contributed by atoms with E-state index in [0.717, 1.165) is 51.3 Å². The number of likely N-dealkylation sites (tertiary alicyclic amines) is 1. The minimum absolute atomic E-state index is 0.0605. The summed E-state index contributed by atoms with van der Waals surface area (Å²) in [6.07, 6.45) is 7.20. The van der Waals surface area contributed by atoms with Gasteiger partial charge in [-0.05, 0) is 49.8 Å². The van der Waals surface area contributed by atoms with Crippen molar-refractivity contribution in [2.75, 3.05) is 38.7 Å². The monoisotopic (exact) mass is 436 g/mol. The van der Waals surface area contributed by atoms with Crippen molar-refractivity contribution in [3.8, 4) is 0 Å². The molecule has 0 bridgehead atoms. The maximum atomic E-state index is 13.0. The van der Waals surface area contributed by atoms with E-state index in [1.807, 2.05) is 12.1 Å². The van der Waals surface area contributed by atoms with Crippen molar-refractivity contribution in [2.45, 2.75) is 44.7 Å². The molecule has 3 heterocycles. The molecule has 0 radical (unpaired) electrons. The van der Waals surface area contributed by atoms with Gasteiger partial charge in [-0.15, -0.1) is 0 Å². The molecule has 0 aliphatic carbocycles. The molecule has 0 atom stereocenters. The standard InChI is InChI=1S/C17H20ClFN4O.C5H10O/c1-20-15-10-21-23(17(24)16(15)18)14-6-8-22(9-7-14)11-12-2-4-13(19)5-3-12;1-2-4-6-5-3-1/h2-5,10,14,20H,6-9,11H2,1H3;1-5H2. The minimum Gasteiger partial charge on any atom is -0.385 e. The summed E-state index contributed by atoms with van der Waals surface area (Å²) in [5.74, 6) is -0.218. The van der Waals surface area contributed by atoms with Gasteiger partial charge >= 0.3 is 0 Å². The van der Waals surface area contributed by atoms with E-state index in [9.17, 15) is 9.18 Å². The zero-order chi connectivity index (χ0) is 21.3. The number of hydrogen-bond acceptors (Lipinski definition) is 5. The van der Waals surface area contributed by atoms with Crippen molar-refractivity contribution in [2.24, 2.45) is 0 Å². The molecule has 30 heavy (non-hydrogen) atoms. The van der Waals surface area contributed by atoms with Crippen LogP contribution in [0.1, 0.15) is 43.7 Å². The number of halogens is 2. The van der Waals surface area contributed by atoms with Crippen LogP contribution in [0.5, 0.6) is 0 Å². The van der Waals surface area contributed by atoms with Crippen LogP contribution in [0.2, 0.25) is 5.02 Å². The molecule has 2 aromatic rings. The minimum atomic E-state index is -0.250. The lowest BCUT2D eigenvalue weighted by Gasteiger charge is -2.32. The zero-order valence-corrected chi connectivity index (χ0v) is 18.2. The van der Waals surface area contributed by atoms with Gasteiger partial charge in [0, 0.05) is 39.9 Å². The average molecular weight is 437 g/mol. The lowest BCUT2D eigenvalue weighted by atomic mass is 10.0. The summed E-state index contributed by atoms with van der Waals surface area (Å²) in [7, 11) is 1.71. The Morgan fingerprint density at radius 2 is 1.83 bits per heavy atom. The van der Waals surface area contributed by atoms with Crippen molar-refractivity contribution in [3.05, 3.63) is 57.2 Å². The van der Waals surface area contributed by atoms with Gasteiger partial charge in [0.15, 0.2) is 0 Å². The summed E-state index contributed by atoms with van der Waals surface area (Å²) < 4.78 is 19.5. The quantitative estimate of drug-likeness (QED) is 0.781. The smallest absolute Gasteiger partial charge is 0.287 e. The number of nitrogens with zero attached hydrogens (tertiary/aromatic N) is 3. The Bertz CT molecular complexity index is 836. The van der Waals surface area contributed by atoms with Crippen LogP contribution in [0.4, 0.5) is 10.1 Å². The summed E-state index contributed by atoms with van der Waals surface area (Å²) >= 11 is 6.09. The Labute approximate surface area is 182 Å². The maximum absolute atomic E-state index is 13.0. The van der Waals surface area contributed by atoms with Crippen LogP contribution in [-0.4, -0.2) is 48.0 Å². The van der Waals surface area contributed by atoms with Crippen LogP contribution in [-0.2, 0) is 11.3 Å². The molecule has 6 nitrogen and oxygen atoms in total.